The van der Waals surface area contributed by atoms with E-state index in [1.54, 1.807) is 0 Å². The van der Waals surface area contributed by atoms with Crippen LogP contribution < -0.4 is 11.1 Å². The van der Waals surface area contributed by atoms with Crippen molar-refractivity contribution in [2.75, 3.05) is 7.05 Å². The quantitative estimate of drug-likeness (QED) is 0.625. The van der Waals surface area contributed by atoms with Crippen molar-refractivity contribution in [3.8, 4) is 0 Å². The third-order valence-corrected chi connectivity index (χ3v) is 1.64. The van der Waals surface area contributed by atoms with Crippen molar-refractivity contribution >= 4 is 11.8 Å². The summed E-state index contributed by atoms with van der Waals surface area (Å²) in [6.45, 7) is 5.54. The molecule has 0 unspecified atom stereocenters. The van der Waals surface area contributed by atoms with Gasteiger partial charge in [-0.2, -0.15) is 0 Å². The molecule has 0 heterocycles. The van der Waals surface area contributed by atoms with E-state index in [1.807, 2.05) is 19.4 Å². The van der Waals surface area contributed by atoms with E-state index >= 15 is 0 Å². The molecule has 0 saturated carbocycles. The summed E-state index contributed by atoms with van der Waals surface area (Å²) < 4.78 is 0. The van der Waals surface area contributed by atoms with Crippen LogP contribution >= 0.6 is 11.8 Å². The summed E-state index contributed by atoms with van der Waals surface area (Å²) in [5, 5.41) is 5.64. The first-order valence-electron chi connectivity index (χ1n) is 2.62. The smallest absolute Gasteiger partial charge is 0.0648 e. The second kappa shape index (κ2) is 4.32. The molecule has 9 heavy (non-hydrogen) atoms. The molecule has 3 heteroatoms. The second-order valence-corrected chi connectivity index (χ2v) is 2.62. The molecular weight excluding hydrogens is 132 g/mol. The average molecular weight is 144 g/mol. The van der Waals surface area contributed by atoms with Crippen LogP contribution in [0.15, 0.2) is 22.7 Å². The highest BCUT2D eigenvalue weighted by molar-refractivity contribution is 8.05. The molecule has 52 valence electrons. The van der Waals surface area contributed by atoms with Gasteiger partial charge in [-0.05, 0) is 12.3 Å². The average Bonchev–Trinajstić information content (AvgIpc) is 1.83. The standard InChI is InChI=1S/C6H12N2S/c1-5(7)4-9-6(2)8-3/h4,8H,2,7H2,1,3H3/b5-4-. The third-order valence-electron chi connectivity index (χ3n) is 0.666. The fourth-order valence-electron chi connectivity index (χ4n) is 0.223. The van der Waals surface area contributed by atoms with Crippen molar-refractivity contribution in [1.29, 1.82) is 0 Å². The van der Waals surface area contributed by atoms with Crippen LogP contribution in [-0.4, -0.2) is 7.05 Å². The molecular formula is C6H12N2S. The van der Waals surface area contributed by atoms with E-state index in [1.165, 1.54) is 11.8 Å². The Labute approximate surface area is 60.2 Å². The summed E-state index contributed by atoms with van der Waals surface area (Å²) in [6, 6.07) is 0. The third kappa shape index (κ3) is 5.30. The minimum absolute atomic E-state index is 0.802. The van der Waals surface area contributed by atoms with Gasteiger partial charge in [-0.15, -0.1) is 0 Å². The Morgan fingerprint density at radius 2 is 2.33 bits per heavy atom. The Morgan fingerprint density at radius 3 is 2.67 bits per heavy atom. The van der Waals surface area contributed by atoms with Crippen molar-refractivity contribution in [1.82, 2.24) is 5.32 Å². The largest absolute Gasteiger partial charge is 0.402 e. The molecule has 0 aromatic heterocycles. The van der Waals surface area contributed by atoms with Gasteiger partial charge in [0.2, 0.25) is 0 Å². The summed E-state index contributed by atoms with van der Waals surface area (Å²) >= 11 is 1.49. The Kier molecular flexibility index (Phi) is 4.05. The van der Waals surface area contributed by atoms with Gasteiger partial charge in [0.15, 0.2) is 0 Å². The zero-order valence-corrected chi connectivity index (χ0v) is 6.59. The zero-order valence-electron chi connectivity index (χ0n) is 5.77. The molecule has 0 atom stereocenters. The molecule has 0 bridgehead atoms. The van der Waals surface area contributed by atoms with Crippen LogP contribution in [0.2, 0.25) is 0 Å². The second-order valence-electron chi connectivity index (χ2n) is 1.65. The molecule has 0 aromatic rings. The van der Waals surface area contributed by atoms with Crippen LogP contribution in [0.3, 0.4) is 0 Å². The Morgan fingerprint density at radius 1 is 1.78 bits per heavy atom. The van der Waals surface area contributed by atoms with Crippen LogP contribution in [-0.2, 0) is 0 Å². The lowest BCUT2D eigenvalue weighted by Crippen LogP contribution is -1.99. The first-order chi connectivity index (χ1) is 4.16. The van der Waals surface area contributed by atoms with Crippen LogP contribution in [0.4, 0.5) is 0 Å². The molecule has 2 nitrogen and oxygen atoms in total. The predicted octanol–water partition coefficient (Wildman–Crippen LogP) is 1.23. The van der Waals surface area contributed by atoms with E-state index in [0.29, 0.717) is 0 Å². The molecule has 0 saturated heterocycles. The van der Waals surface area contributed by atoms with Gasteiger partial charge in [-0.1, -0.05) is 18.3 Å². The first kappa shape index (κ1) is 8.43. The van der Waals surface area contributed by atoms with Gasteiger partial charge in [-0.3, -0.25) is 0 Å². The lowest BCUT2D eigenvalue weighted by molar-refractivity contribution is 1.09. The molecule has 0 rings (SSSR count). The van der Waals surface area contributed by atoms with Crippen LogP contribution in [0.25, 0.3) is 0 Å². The van der Waals surface area contributed by atoms with Crippen molar-refractivity contribution in [3.05, 3.63) is 22.7 Å². The molecule has 0 aliphatic carbocycles. The fraction of sp³-hybridized carbons (Fsp3) is 0.333. The molecule has 0 spiro atoms. The monoisotopic (exact) mass is 144 g/mol. The maximum absolute atomic E-state index is 5.37. The number of allylic oxidation sites excluding steroid dienone is 1. The highest BCUT2D eigenvalue weighted by atomic mass is 32.2. The van der Waals surface area contributed by atoms with Crippen LogP contribution in [0.1, 0.15) is 6.92 Å². The summed E-state index contributed by atoms with van der Waals surface area (Å²) in [7, 11) is 1.83. The molecule has 0 aliphatic heterocycles. The first-order valence-corrected chi connectivity index (χ1v) is 3.50. The van der Waals surface area contributed by atoms with Gasteiger partial charge in [0.05, 0.1) is 5.03 Å². The van der Waals surface area contributed by atoms with Crippen LogP contribution in [0.5, 0.6) is 0 Å². The van der Waals surface area contributed by atoms with E-state index < -0.39 is 0 Å². The minimum Gasteiger partial charge on any atom is -0.402 e. The summed E-state index contributed by atoms with van der Waals surface area (Å²) in [5.41, 5.74) is 6.17. The van der Waals surface area contributed by atoms with E-state index in [9.17, 15) is 0 Å². The molecule has 0 fully saturated rings. The summed E-state index contributed by atoms with van der Waals surface area (Å²) in [5.74, 6) is 0. The number of thioether (sulfide) groups is 1. The normalized spacial score (nSPS) is 11.1. The number of hydrogen-bond donors (Lipinski definition) is 2. The number of nitrogens with two attached hydrogens (primary N) is 1. The van der Waals surface area contributed by atoms with Gasteiger partial charge in [-0.25, -0.2) is 0 Å². The molecule has 0 radical (unpaired) electrons. The number of nitrogens with one attached hydrogen (secondary N) is 1. The maximum atomic E-state index is 5.37. The van der Waals surface area contributed by atoms with E-state index in [0.717, 1.165) is 10.7 Å². The van der Waals surface area contributed by atoms with Gasteiger partial charge < -0.3 is 11.1 Å². The lowest BCUT2D eigenvalue weighted by atomic mass is 10.6. The SMILES string of the molecule is C=C(NC)S/C=C(/C)N. The number of rotatable bonds is 3. The van der Waals surface area contributed by atoms with Crippen molar-refractivity contribution in [3.63, 3.8) is 0 Å². The van der Waals surface area contributed by atoms with E-state index in [-0.39, 0.29) is 0 Å². The summed E-state index contributed by atoms with van der Waals surface area (Å²) in [6.07, 6.45) is 0. The fourth-order valence-corrected chi connectivity index (χ4v) is 0.669. The Hall–Kier alpha value is -0.570. The van der Waals surface area contributed by atoms with Crippen molar-refractivity contribution in [2.24, 2.45) is 5.73 Å². The topological polar surface area (TPSA) is 38.0 Å². The lowest BCUT2D eigenvalue weighted by Gasteiger charge is -1.97. The van der Waals surface area contributed by atoms with Gasteiger partial charge in [0.25, 0.3) is 0 Å². The van der Waals surface area contributed by atoms with Gasteiger partial charge in [0, 0.05) is 12.7 Å². The number of hydrogen-bond acceptors (Lipinski definition) is 3. The predicted molar refractivity (Wildman–Crippen MR) is 43.7 cm³/mol. The van der Waals surface area contributed by atoms with E-state index in [4.69, 9.17) is 5.73 Å². The Bertz CT molecular complexity index is 125. The highest BCUT2D eigenvalue weighted by Crippen LogP contribution is 2.11. The molecule has 0 aromatic carbocycles. The molecule has 3 N–H and O–H groups in total. The summed E-state index contributed by atoms with van der Waals surface area (Å²) in [4.78, 5) is 0. The molecule has 0 amide bonds. The minimum atomic E-state index is 0.802. The van der Waals surface area contributed by atoms with E-state index in [2.05, 4.69) is 11.9 Å². The highest BCUT2D eigenvalue weighted by Gasteiger charge is 1.84. The Balaban J connectivity index is 3.50. The van der Waals surface area contributed by atoms with Gasteiger partial charge in [0.1, 0.15) is 0 Å². The van der Waals surface area contributed by atoms with Crippen molar-refractivity contribution in [2.45, 2.75) is 6.92 Å². The van der Waals surface area contributed by atoms with Crippen molar-refractivity contribution < 1.29 is 0 Å². The van der Waals surface area contributed by atoms with Crippen LogP contribution in [0, 0.1) is 0 Å². The molecule has 0 aliphatic rings. The zero-order chi connectivity index (χ0) is 7.28. The maximum Gasteiger partial charge on any atom is 0.0648 e. The van der Waals surface area contributed by atoms with Gasteiger partial charge >= 0.3 is 0 Å².